The molecule has 188 valence electrons. The number of imide groups is 1. The molecular formula is C27H28ClN3O5. The fourth-order valence-corrected chi connectivity index (χ4v) is 4.54. The quantitative estimate of drug-likeness (QED) is 0.380. The van der Waals surface area contributed by atoms with Gasteiger partial charge in [-0.1, -0.05) is 37.8 Å². The third-order valence-corrected chi connectivity index (χ3v) is 6.58. The lowest BCUT2D eigenvalue weighted by Gasteiger charge is -2.29. The number of carbonyl (C=O) groups excluding carboxylic acids is 4. The molecule has 2 N–H and O–H groups in total. The SMILES string of the molecule is CCCOC(=O)c1ccc(NC(=O)c2ccc(NC3=C(Cl)C(=O)N(C4CCCCC4)C3=O)cc2)cc1. The smallest absolute Gasteiger partial charge is 0.338 e. The minimum absolute atomic E-state index is 0.0574. The number of rotatable bonds is 8. The van der Waals surface area contributed by atoms with Gasteiger partial charge in [0.25, 0.3) is 17.7 Å². The Balaban J connectivity index is 1.37. The number of ether oxygens (including phenoxy) is 1. The molecule has 0 unspecified atom stereocenters. The van der Waals surface area contributed by atoms with E-state index in [0.29, 0.717) is 29.1 Å². The summed E-state index contributed by atoms with van der Waals surface area (Å²) in [7, 11) is 0. The van der Waals surface area contributed by atoms with Crippen molar-refractivity contribution in [2.45, 2.75) is 51.5 Å². The van der Waals surface area contributed by atoms with Crippen molar-refractivity contribution in [1.29, 1.82) is 0 Å². The van der Waals surface area contributed by atoms with Crippen molar-refractivity contribution in [1.82, 2.24) is 4.90 Å². The molecule has 0 bridgehead atoms. The number of nitrogens with one attached hydrogen (secondary N) is 2. The van der Waals surface area contributed by atoms with E-state index in [1.165, 1.54) is 4.90 Å². The highest BCUT2D eigenvalue weighted by Crippen LogP contribution is 2.32. The van der Waals surface area contributed by atoms with Crippen LogP contribution in [0, 0.1) is 0 Å². The Hall–Kier alpha value is -3.65. The average Bonchev–Trinajstić information content (AvgIpc) is 3.11. The second-order valence-corrected chi connectivity index (χ2v) is 9.21. The summed E-state index contributed by atoms with van der Waals surface area (Å²) < 4.78 is 5.10. The molecule has 4 rings (SSSR count). The Morgan fingerprint density at radius 2 is 1.53 bits per heavy atom. The maximum absolute atomic E-state index is 12.9. The van der Waals surface area contributed by atoms with Crippen molar-refractivity contribution in [2.75, 3.05) is 17.2 Å². The molecule has 1 saturated carbocycles. The van der Waals surface area contributed by atoms with Gasteiger partial charge in [0, 0.05) is 23.0 Å². The Kier molecular flexibility index (Phi) is 8.05. The molecule has 1 aliphatic heterocycles. The van der Waals surface area contributed by atoms with Gasteiger partial charge in [0.2, 0.25) is 0 Å². The summed E-state index contributed by atoms with van der Waals surface area (Å²) in [6.07, 6.45) is 5.42. The van der Waals surface area contributed by atoms with E-state index in [4.69, 9.17) is 16.3 Å². The van der Waals surface area contributed by atoms with Crippen molar-refractivity contribution in [2.24, 2.45) is 0 Å². The van der Waals surface area contributed by atoms with Crippen LogP contribution in [-0.4, -0.2) is 41.2 Å². The first-order chi connectivity index (χ1) is 17.4. The Morgan fingerprint density at radius 1 is 0.917 bits per heavy atom. The number of hydrogen-bond donors (Lipinski definition) is 2. The second kappa shape index (κ2) is 11.4. The van der Waals surface area contributed by atoms with E-state index >= 15 is 0 Å². The first kappa shape index (κ1) is 25.4. The Bertz CT molecular complexity index is 1180. The second-order valence-electron chi connectivity index (χ2n) is 8.83. The molecule has 0 spiro atoms. The van der Waals surface area contributed by atoms with Crippen molar-refractivity contribution in [3.63, 3.8) is 0 Å². The number of esters is 1. The van der Waals surface area contributed by atoms with Crippen LogP contribution in [0.4, 0.5) is 11.4 Å². The van der Waals surface area contributed by atoms with Gasteiger partial charge in [-0.15, -0.1) is 0 Å². The zero-order chi connectivity index (χ0) is 25.7. The van der Waals surface area contributed by atoms with E-state index < -0.39 is 17.8 Å². The summed E-state index contributed by atoms with van der Waals surface area (Å²) in [5.41, 5.74) is 1.92. The van der Waals surface area contributed by atoms with Crippen molar-refractivity contribution >= 4 is 46.7 Å². The van der Waals surface area contributed by atoms with Gasteiger partial charge in [-0.3, -0.25) is 19.3 Å². The minimum atomic E-state index is -0.461. The molecule has 0 atom stereocenters. The monoisotopic (exact) mass is 509 g/mol. The van der Waals surface area contributed by atoms with Gasteiger partial charge in [0.1, 0.15) is 10.7 Å². The van der Waals surface area contributed by atoms with Crippen LogP contribution in [0.25, 0.3) is 0 Å². The van der Waals surface area contributed by atoms with E-state index in [9.17, 15) is 19.2 Å². The summed E-state index contributed by atoms with van der Waals surface area (Å²) >= 11 is 6.23. The molecule has 9 heteroatoms. The van der Waals surface area contributed by atoms with E-state index in [2.05, 4.69) is 10.6 Å². The third kappa shape index (κ3) is 5.60. The number of amides is 3. The molecule has 36 heavy (non-hydrogen) atoms. The molecule has 0 saturated heterocycles. The van der Waals surface area contributed by atoms with Crippen LogP contribution >= 0.6 is 11.6 Å². The molecule has 2 aromatic carbocycles. The fraction of sp³-hybridized carbons (Fsp3) is 0.333. The highest BCUT2D eigenvalue weighted by atomic mass is 35.5. The molecular weight excluding hydrogens is 482 g/mol. The minimum Gasteiger partial charge on any atom is -0.462 e. The molecule has 0 aromatic heterocycles. The molecule has 1 aliphatic carbocycles. The van der Waals surface area contributed by atoms with Crippen LogP contribution in [0.1, 0.15) is 66.2 Å². The summed E-state index contributed by atoms with van der Waals surface area (Å²) in [6.45, 7) is 2.27. The van der Waals surface area contributed by atoms with Crippen LogP contribution in [0.15, 0.2) is 59.3 Å². The summed E-state index contributed by atoms with van der Waals surface area (Å²) in [5, 5.41) is 5.61. The first-order valence-electron chi connectivity index (χ1n) is 12.1. The standard InChI is InChI=1S/C27H28ClN3O5/c1-2-16-36-27(35)18-10-14-20(15-11-18)30-24(32)17-8-12-19(13-9-17)29-23-22(28)25(33)31(26(23)34)21-6-4-3-5-7-21/h8-15,21,29H,2-7,16H2,1H3,(H,30,32). The third-order valence-electron chi connectivity index (χ3n) is 6.23. The molecule has 3 amide bonds. The van der Waals surface area contributed by atoms with E-state index in [1.54, 1.807) is 48.5 Å². The Labute approximate surface area is 214 Å². The number of halogens is 1. The first-order valence-corrected chi connectivity index (χ1v) is 12.5. The number of hydrogen-bond acceptors (Lipinski definition) is 6. The van der Waals surface area contributed by atoms with Crippen LogP contribution in [-0.2, 0) is 14.3 Å². The zero-order valence-electron chi connectivity index (χ0n) is 20.0. The highest BCUT2D eigenvalue weighted by molar-refractivity contribution is 6.48. The lowest BCUT2D eigenvalue weighted by Crippen LogP contribution is -2.42. The molecule has 0 radical (unpaired) electrons. The highest BCUT2D eigenvalue weighted by Gasteiger charge is 2.42. The van der Waals surface area contributed by atoms with Gasteiger partial charge >= 0.3 is 5.97 Å². The topological polar surface area (TPSA) is 105 Å². The van der Waals surface area contributed by atoms with E-state index in [-0.39, 0.29) is 22.7 Å². The van der Waals surface area contributed by atoms with Crippen LogP contribution in [0.3, 0.4) is 0 Å². The number of anilines is 2. The maximum Gasteiger partial charge on any atom is 0.338 e. The number of benzene rings is 2. The van der Waals surface area contributed by atoms with Crippen LogP contribution in [0.2, 0.25) is 0 Å². The van der Waals surface area contributed by atoms with Crippen LogP contribution in [0.5, 0.6) is 0 Å². The van der Waals surface area contributed by atoms with E-state index in [1.807, 2.05) is 6.92 Å². The van der Waals surface area contributed by atoms with Gasteiger partial charge in [0.05, 0.1) is 12.2 Å². The normalized spacial score (nSPS) is 16.3. The van der Waals surface area contributed by atoms with Crippen molar-refractivity contribution in [3.8, 4) is 0 Å². The maximum atomic E-state index is 12.9. The largest absolute Gasteiger partial charge is 0.462 e. The molecule has 8 nitrogen and oxygen atoms in total. The van der Waals surface area contributed by atoms with Gasteiger partial charge in [-0.2, -0.15) is 0 Å². The summed E-state index contributed by atoms with van der Waals surface area (Å²) in [5.74, 6) is -1.62. The lowest BCUT2D eigenvalue weighted by molar-refractivity contribution is -0.140. The van der Waals surface area contributed by atoms with Gasteiger partial charge in [0.15, 0.2) is 0 Å². The van der Waals surface area contributed by atoms with E-state index in [0.717, 1.165) is 38.5 Å². The lowest BCUT2D eigenvalue weighted by atomic mass is 9.94. The Morgan fingerprint density at radius 3 is 2.17 bits per heavy atom. The molecule has 1 heterocycles. The predicted molar refractivity (Wildman–Crippen MR) is 137 cm³/mol. The average molecular weight is 510 g/mol. The van der Waals surface area contributed by atoms with Gasteiger partial charge < -0.3 is 15.4 Å². The molecule has 1 fully saturated rings. The van der Waals surface area contributed by atoms with Gasteiger partial charge in [-0.25, -0.2) is 4.79 Å². The molecule has 2 aromatic rings. The van der Waals surface area contributed by atoms with Crippen molar-refractivity contribution in [3.05, 3.63) is 70.4 Å². The number of nitrogens with zero attached hydrogens (tertiary/aromatic N) is 1. The van der Waals surface area contributed by atoms with Crippen molar-refractivity contribution < 1.29 is 23.9 Å². The van der Waals surface area contributed by atoms with Gasteiger partial charge in [-0.05, 0) is 67.8 Å². The van der Waals surface area contributed by atoms with Crippen LogP contribution < -0.4 is 10.6 Å². The zero-order valence-corrected chi connectivity index (χ0v) is 20.8. The summed E-state index contributed by atoms with van der Waals surface area (Å²) in [6, 6.07) is 12.8. The predicted octanol–water partition coefficient (Wildman–Crippen LogP) is 5.07. The summed E-state index contributed by atoms with van der Waals surface area (Å²) in [4.78, 5) is 51.4. The number of carbonyl (C=O) groups is 4. The fourth-order valence-electron chi connectivity index (χ4n) is 4.32. The molecule has 2 aliphatic rings.